The van der Waals surface area contributed by atoms with Crippen molar-refractivity contribution in [3.8, 4) is 0 Å². The number of hydrogen-bond donors (Lipinski definition) is 2. The molecule has 2 aliphatic rings. The third kappa shape index (κ3) is 4.46. The quantitative estimate of drug-likeness (QED) is 0.801. The van der Waals surface area contributed by atoms with E-state index >= 15 is 0 Å². The lowest BCUT2D eigenvalue weighted by Crippen LogP contribution is -2.52. The highest BCUT2D eigenvalue weighted by Gasteiger charge is 2.31. The molecule has 0 aliphatic carbocycles. The van der Waals surface area contributed by atoms with Gasteiger partial charge in [0.15, 0.2) is 0 Å². The third-order valence-electron chi connectivity index (χ3n) is 4.71. The topological polar surface area (TPSA) is 80.7 Å². The number of nitrogens with zero attached hydrogens (tertiary/aromatic N) is 3. The van der Waals surface area contributed by atoms with Crippen LogP contribution in [0.2, 0.25) is 0 Å². The van der Waals surface area contributed by atoms with Gasteiger partial charge >= 0.3 is 6.03 Å². The van der Waals surface area contributed by atoms with E-state index in [0.717, 1.165) is 52.5 Å². The standard InChI is InChI=1S/C16H27N5O3/c1-2-21-11-14(9-18-21)19-16(22)17-10-15(13-3-6-24-12-13)20-4-7-23-8-5-20/h9,11,13,15H,2-8,10,12H2,1H3,(H2,17,19,22). The second-order valence-corrected chi connectivity index (χ2v) is 6.26. The number of urea groups is 1. The molecule has 24 heavy (non-hydrogen) atoms. The van der Waals surface area contributed by atoms with Crippen LogP contribution in [0, 0.1) is 5.92 Å². The van der Waals surface area contributed by atoms with Crippen molar-refractivity contribution in [2.75, 3.05) is 51.4 Å². The maximum absolute atomic E-state index is 12.2. The number of hydrogen-bond acceptors (Lipinski definition) is 5. The van der Waals surface area contributed by atoms with Gasteiger partial charge in [0.2, 0.25) is 0 Å². The van der Waals surface area contributed by atoms with Crippen LogP contribution in [-0.2, 0) is 16.0 Å². The Morgan fingerprint density at radius 1 is 1.38 bits per heavy atom. The normalized spacial score (nSPS) is 23.1. The average Bonchev–Trinajstić information content (AvgIpc) is 3.28. The first-order valence-electron chi connectivity index (χ1n) is 8.73. The van der Waals surface area contributed by atoms with Gasteiger partial charge in [-0.3, -0.25) is 9.58 Å². The molecular formula is C16H27N5O3. The van der Waals surface area contributed by atoms with Gasteiger partial charge in [-0.05, 0) is 13.3 Å². The number of carbonyl (C=O) groups excluding carboxylic acids is 1. The van der Waals surface area contributed by atoms with Crippen LogP contribution in [-0.4, -0.2) is 72.8 Å². The van der Waals surface area contributed by atoms with Crippen molar-refractivity contribution >= 4 is 11.7 Å². The van der Waals surface area contributed by atoms with E-state index in [4.69, 9.17) is 9.47 Å². The van der Waals surface area contributed by atoms with E-state index in [0.29, 0.717) is 24.2 Å². The van der Waals surface area contributed by atoms with Crippen LogP contribution in [0.5, 0.6) is 0 Å². The highest BCUT2D eigenvalue weighted by Crippen LogP contribution is 2.21. The number of ether oxygens (including phenoxy) is 2. The molecule has 2 amide bonds. The molecule has 0 saturated carbocycles. The fourth-order valence-corrected chi connectivity index (χ4v) is 3.33. The smallest absolute Gasteiger partial charge is 0.319 e. The van der Waals surface area contributed by atoms with Crippen molar-refractivity contribution in [1.29, 1.82) is 0 Å². The second-order valence-electron chi connectivity index (χ2n) is 6.26. The number of amides is 2. The summed E-state index contributed by atoms with van der Waals surface area (Å²) in [5.41, 5.74) is 0.710. The molecule has 1 aromatic heterocycles. The number of carbonyl (C=O) groups is 1. The van der Waals surface area contributed by atoms with Crippen molar-refractivity contribution in [3.63, 3.8) is 0 Å². The Balaban J connectivity index is 1.52. The van der Waals surface area contributed by atoms with Crippen molar-refractivity contribution in [1.82, 2.24) is 20.0 Å². The molecule has 8 nitrogen and oxygen atoms in total. The molecule has 0 aromatic carbocycles. The molecule has 2 saturated heterocycles. The Kier molecular flexibility index (Phi) is 6.06. The summed E-state index contributed by atoms with van der Waals surface area (Å²) in [6.07, 6.45) is 4.53. The maximum atomic E-state index is 12.2. The van der Waals surface area contributed by atoms with Crippen molar-refractivity contribution in [2.24, 2.45) is 5.92 Å². The largest absolute Gasteiger partial charge is 0.381 e. The van der Waals surface area contributed by atoms with Gasteiger partial charge in [-0.25, -0.2) is 4.79 Å². The number of morpholine rings is 1. The molecule has 3 rings (SSSR count). The number of anilines is 1. The van der Waals surface area contributed by atoms with E-state index in [1.807, 2.05) is 13.1 Å². The minimum absolute atomic E-state index is 0.192. The van der Waals surface area contributed by atoms with E-state index in [1.54, 1.807) is 10.9 Å². The first-order chi connectivity index (χ1) is 11.8. The summed E-state index contributed by atoms with van der Waals surface area (Å²) in [5, 5.41) is 10.0. The fourth-order valence-electron chi connectivity index (χ4n) is 3.33. The molecule has 3 heterocycles. The Bertz CT molecular complexity index is 524. The summed E-state index contributed by atoms with van der Waals surface area (Å²) < 4.78 is 12.8. The van der Waals surface area contributed by atoms with Gasteiger partial charge in [-0.1, -0.05) is 0 Å². The molecule has 2 atom stereocenters. The number of rotatable bonds is 6. The lowest BCUT2D eigenvalue weighted by atomic mass is 9.97. The second kappa shape index (κ2) is 8.46. The summed E-state index contributed by atoms with van der Waals surface area (Å²) in [4.78, 5) is 14.6. The third-order valence-corrected chi connectivity index (χ3v) is 4.71. The molecule has 134 valence electrons. The van der Waals surface area contributed by atoms with Crippen LogP contribution in [0.4, 0.5) is 10.5 Å². The average molecular weight is 337 g/mol. The summed E-state index contributed by atoms with van der Waals surface area (Å²) >= 11 is 0. The Morgan fingerprint density at radius 3 is 2.88 bits per heavy atom. The summed E-state index contributed by atoms with van der Waals surface area (Å²) in [5.74, 6) is 0.464. The zero-order valence-electron chi connectivity index (χ0n) is 14.2. The molecule has 2 aliphatic heterocycles. The fraction of sp³-hybridized carbons (Fsp3) is 0.750. The van der Waals surface area contributed by atoms with Gasteiger partial charge in [0.05, 0.1) is 31.7 Å². The lowest BCUT2D eigenvalue weighted by molar-refractivity contribution is 0.00222. The summed E-state index contributed by atoms with van der Waals surface area (Å²) in [7, 11) is 0. The highest BCUT2D eigenvalue weighted by atomic mass is 16.5. The van der Waals surface area contributed by atoms with Crippen LogP contribution >= 0.6 is 0 Å². The molecule has 1 aromatic rings. The number of nitrogens with one attached hydrogen (secondary N) is 2. The van der Waals surface area contributed by atoms with E-state index in [-0.39, 0.29) is 6.03 Å². The Hall–Kier alpha value is -1.64. The highest BCUT2D eigenvalue weighted by molar-refractivity contribution is 5.88. The minimum Gasteiger partial charge on any atom is -0.381 e. The van der Waals surface area contributed by atoms with Gasteiger partial charge in [0.1, 0.15) is 0 Å². The zero-order chi connectivity index (χ0) is 16.8. The molecule has 0 spiro atoms. The predicted molar refractivity (Wildman–Crippen MR) is 90.0 cm³/mol. The van der Waals surface area contributed by atoms with Gasteiger partial charge in [0, 0.05) is 50.9 Å². The van der Waals surface area contributed by atoms with Crippen LogP contribution in [0.3, 0.4) is 0 Å². The van der Waals surface area contributed by atoms with Gasteiger partial charge < -0.3 is 20.1 Å². The predicted octanol–water partition coefficient (Wildman–Crippen LogP) is 0.762. The van der Waals surface area contributed by atoms with Crippen LogP contribution in [0.15, 0.2) is 12.4 Å². The molecule has 0 bridgehead atoms. The van der Waals surface area contributed by atoms with Gasteiger partial charge in [-0.15, -0.1) is 0 Å². The monoisotopic (exact) mass is 337 g/mol. The Morgan fingerprint density at radius 2 is 2.21 bits per heavy atom. The maximum Gasteiger partial charge on any atom is 0.319 e. The molecule has 2 N–H and O–H groups in total. The van der Waals surface area contributed by atoms with Crippen molar-refractivity contribution < 1.29 is 14.3 Å². The van der Waals surface area contributed by atoms with E-state index in [2.05, 4.69) is 20.6 Å². The Labute approximate surface area is 142 Å². The number of aromatic nitrogens is 2. The van der Waals surface area contributed by atoms with Crippen LogP contribution < -0.4 is 10.6 Å². The first kappa shape index (κ1) is 17.2. The van der Waals surface area contributed by atoms with E-state index < -0.39 is 0 Å². The van der Waals surface area contributed by atoms with E-state index in [1.165, 1.54) is 0 Å². The lowest BCUT2D eigenvalue weighted by Gasteiger charge is -2.37. The number of aryl methyl sites for hydroxylation is 1. The first-order valence-corrected chi connectivity index (χ1v) is 8.73. The zero-order valence-corrected chi connectivity index (χ0v) is 14.2. The van der Waals surface area contributed by atoms with Gasteiger partial charge in [0.25, 0.3) is 0 Å². The van der Waals surface area contributed by atoms with Crippen molar-refractivity contribution in [2.45, 2.75) is 25.9 Å². The minimum atomic E-state index is -0.192. The molecule has 8 heteroatoms. The summed E-state index contributed by atoms with van der Waals surface area (Å²) in [6.45, 7) is 8.32. The summed E-state index contributed by atoms with van der Waals surface area (Å²) in [6, 6.07) is 0.100. The van der Waals surface area contributed by atoms with Gasteiger partial charge in [-0.2, -0.15) is 5.10 Å². The van der Waals surface area contributed by atoms with Crippen LogP contribution in [0.1, 0.15) is 13.3 Å². The van der Waals surface area contributed by atoms with Crippen molar-refractivity contribution in [3.05, 3.63) is 12.4 Å². The molecule has 0 radical (unpaired) electrons. The molecular weight excluding hydrogens is 310 g/mol. The SMILES string of the molecule is CCn1cc(NC(=O)NCC(C2CCOC2)N2CCOCC2)cn1. The van der Waals surface area contributed by atoms with Crippen LogP contribution in [0.25, 0.3) is 0 Å². The molecule has 2 fully saturated rings. The molecule has 2 unspecified atom stereocenters. The van der Waals surface area contributed by atoms with E-state index in [9.17, 15) is 4.79 Å².